The Morgan fingerprint density at radius 3 is 2.68 bits per heavy atom. The van der Waals surface area contributed by atoms with Gasteiger partial charge in [0.25, 0.3) is 0 Å². The normalized spacial score (nSPS) is 12.4. The fourth-order valence-corrected chi connectivity index (χ4v) is 1.79. The molecular weight excluding hydrogens is 242 g/mol. The van der Waals surface area contributed by atoms with Gasteiger partial charge in [-0.3, -0.25) is 0 Å². The van der Waals surface area contributed by atoms with Gasteiger partial charge in [0, 0.05) is 5.56 Å². The van der Waals surface area contributed by atoms with E-state index in [1.54, 1.807) is 7.11 Å². The first kappa shape index (κ1) is 13.5. The van der Waals surface area contributed by atoms with Gasteiger partial charge in [0.05, 0.1) is 13.2 Å². The van der Waals surface area contributed by atoms with Crippen molar-refractivity contribution in [3.63, 3.8) is 0 Å². The lowest BCUT2D eigenvalue weighted by Gasteiger charge is -2.03. The van der Waals surface area contributed by atoms with Crippen LogP contribution in [0.1, 0.15) is 38.1 Å². The second-order valence-electron chi connectivity index (χ2n) is 4.43. The zero-order valence-corrected chi connectivity index (χ0v) is 11.3. The molecule has 102 valence electrons. The summed E-state index contributed by atoms with van der Waals surface area (Å²) >= 11 is 0. The average molecular weight is 261 g/mol. The van der Waals surface area contributed by atoms with E-state index in [0.29, 0.717) is 11.7 Å². The van der Waals surface area contributed by atoms with Crippen molar-refractivity contribution in [2.45, 2.75) is 32.2 Å². The third-order valence-electron chi connectivity index (χ3n) is 2.98. The van der Waals surface area contributed by atoms with Crippen LogP contribution >= 0.6 is 0 Å². The summed E-state index contributed by atoms with van der Waals surface area (Å²) in [7, 11) is 1.63. The van der Waals surface area contributed by atoms with Gasteiger partial charge < -0.3 is 15.0 Å². The van der Waals surface area contributed by atoms with Crippen LogP contribution in [0.5, 0.6) is 5.75 Å². The molecule has 0 aliphatic carbocycles. The topological polar surface area (TPSA) is 74.2 Å². The molecule has 0 saturated carbocycles. The molecular formula is C14H19N3O2. The van der Waals surface area contributed by atoms with Crippen molar-refractivity contribution in [1.82, 2.24) is 10.1 Å². The molecule has 0 amide bonds. The molecule has 0 bridgehead atoms. The minimum Gasteiger partial charge on any atom is -0.497 e. The second-order valence-corrected chi connectivity index (χ2v) is 4.43. The first-order chi connectivity index (χ1) is 9.24. The van der Waals surface area contributed by atoms with Gasteiger partial charge in [-0.05, 0) is 30.7 Å². The Morgan fingerprint density at radius 2 is 2.05 bits per heavy atom. The first-order valence-electron chi connectivity index (χ1n) is 6.48. The highest BCUT2D eigenvalue weighted by Crippen LogP contribution is 2.22. The summed E-state index contributed by atoms with van der Waals surface area (Å²) < 4.78 is 10.3. The van der Waals surface area contributed by atoms with Crippen molar-refractivity contribution in [2.75, 3.05) is 7.11 Å². The largest absolute Gasteiger partial charge is 0.497 e. The molecule has 0 aliphatic rings. The predicted octanol–water partition coefficient (Wildman–Crippen LogP) is 2.94. The van der Waals surface area contributed by atoms with Gasteiger partial charge in [0.2, 0.25) is 11.7 Å². The van der Waals surface area contributed by atoms with E-state index in [1.807, 2.05) is 24.3 Å². The Morgan fingerprint density at radius 1 is 1.32 bits per heavy atom. The van der Waals surface area contributed by atoms with E-state index in [9.17, 15) is 0 Å². The highest BCUT2D eigenvalue weighted by atomic mass is 16.5. The lowest BCUT2D eigenvalue weighted by molar-refractivity contribution is 0.346. The van der Waals surface area contributed by atoms with Crippen molar-refractivity contribution in [3.8, 4) is 17.1 Å². The fourth-order valence-electron chi connectivity index (χ4n) is 1.79. The Kier molecular flexibility index (Phi) is 4.52. The third-order valence-corrected chi connectivity index (χ3v) is 2.98. The van der Waals surface area contributed by atoms with Crippen molar-refractivity contribution >= 4 is 0 Å². The number of hydrogen-bond acceptors (Lipinski definition) is 5. The molecule has 5 heteroatoms. The van der Waals surface area contributed by atoms with Crippen LogP contribution in [0.15, 0.2) is 28.8 Å². The van der Waals surface area contributed by atoms with Gasteiger partial charge >= 0.3 is 0 Å². The molecule has 1 heterocycles. The molecule has 2 N–H and O–H groups in total. The quantitative estimate of drug-likeness (QED) is 0.865. The highest BCUT2D eigenvalue weighted by Gasteiger charge is 2.15. The number of unbranched alkanes of at least 4 members (excludes halogenated alkanes) is 1. The van der Waals surface area contributed by atoms with Crippen LogP contribution in [0.2, 0.25) is 0 Å². The molecule has 1 unspecified atom stereocenters. The van der Waals surface area contributed by atoms with E-state index < -0.39 is 0 Å². The molecule has 0 saturated heterocycles. The van der Waals surface area contributed by atoms with Crippen LogP contribution in [0.4, 0.5) is 0 Å². The Balaban J connectivity index is 2.11. The average Bonchev–Trinajstić information content (AvgIpc) is 2.94. The van der Waals surface area contributed by atoms with Crippen LogP contribution in [0.3, 0.4) is 0 Å². The molecule has 19 heavy (non-hydrogen) atoms. The smallest absolute Gasteiger partial charge is 0.243 e. The molecule has 2 aromatic rings. The van der Waals surface area contributed by atoms with Gasteiger partial charge in [-0.2, -0.15) is 4.98 Å². The summed E-state index contributed by atoms with van der Waals surface area (Å²) in [5.74, 6) is 1.86. The molecule has 0 aliphatic heterocycles. The van der Waals surface area contributed by atoms with Crippen molar-refractivity contribution in [3.05, 3.63) is 30.2 Å². The van der Waals surface area contributed by atoms with Crippen LogP contribution < -0.4 is 10.5 Å². The maximum absolute atomic E-state index is 6.00. The van der Waals surface area contributed by atoms with E-state index in [4.69, 9.17) is 15.0 Å². The van der Waals surface area contributed by atoms with Gasteiger partial charge in [0.1, 0.15) is 5.75 Å². The monoisotopic (exact) mass is 261 g/mol. The highest BCUT2D eigenvalue weighted by molar-refractivity contribution is 5.55. The predicted molar refractivity (Wildman–Crippen MR) is 72.7 cm³/mol. The number of nitrogens with two attached hydrogens (primary N) is 1. The number of ether oxygens (including phenoxy) is 1. The third kappa shape index (κ3) is 3.32. The van der Waals surface area contributed by atoms with Gasteiger partial charge in [-0.1, -0.05) is 24.9 Å². The number of rotatable bonds is 6. The van der Waals surface area contributed by atoms with Crippen molar-refractivity contribution < 1.29 is 9.26 Å². The summed E-state index contributed by atoms with van der Waals surface area (Å²) in [6.45, 7) is 2.13. The summed E-state index contributed by atoms with van der Waals surface area (Å²) in [6, 6.07) is 7.33. The zero-order chi connectivity index (χ0) is 13.7. The van der Waals surface area contributed by atoms with Crippen molar-refractivity contribution in [2.24, 2.45) is 5.73 Å². The minimum atomic E-state index is -0.181. The standard InChI is InChI=1S/C14H19N3O2/c1-3-4-5-12(15)14-16-13(17-19-14)10-6-8-11(18-2)9-7-10/h6-9,12H,3-5,15H2,1-2H3. The maximum atomic E-state index is 6.00. The lowest BCUT2D eigenvalue weighted by atomic mass is 10.1. The summed E-state index contributed by atoms with van der Waals surface area (Å²) in [5, 5.41) is 3.96. The first-order valence-corrected chi connectivity index (χ1v) is 6.48. The maximum Gasteiger partial charge on any atom is 0.243 e. The summed E-state index contributed by atoms with van der Waals surface area (Å²) in [4.78, 5) is 4.35. The fraction of sp³-hybridized carbons (Fsp3) is 0.429. The van der Waals surface area contributed by atoms with E-state index in [-0.39, 0.29) is 6.04 Å². The van der Waals surface area contributed by atoms with E-state index in [2.05, 4.69) is 17.1 Å². The zero-order valence-electron chi connectivity index (χ0n) is 11.3. The van der Waals surface area contributed by atoms with Crippen LogP contribution in [0.25, 0.3) is 11.4 Å². The lowest BCUT2D eigenvalue weighted by Crippen LogP contribution is -2.10. The molecule has 0 spiro atoms. The SMILES string of the molecule is CCCCC(N)c1nc(-c2ccc(OC)cc2)no1. The molecule has 1 aromatic heterocycles. The summed E-state index contributed by atoms with van der Waals surface area (Å²) in [5.41, 5.74) is 6.89. The van der Waals surface area contributed by atoms with Crippen LogP contribution in [-0.2, 0) is 0 Å². The van der Waals surface area contributed by atoms with Gasteiger partial charge in [-0.25, -0.2) is 0 Å². The number of nitrogens with zero attached hydrogens (tertiary/aromatic N) is 2. The number of benzene rings is 1. The Hall–Kier alpha value is -1.88. The Bertz CT molecular complexity index is 508. The molecule has 1 aromatic carbocycles. The molecule has 0 fully saturated rings. The number of aromatic nitrogens is 2. The molecule has 5 nitrogen and oxygen atoms in total. The van der Waals surface area contributed by atoms with Crippen LogP contribution in [0, 0.1) is 0 Å². The van der Waals surface area contributed by atoms with Crippen molar-refractivity contribution in [1.29, 1.82) is 0 Å². The summed E-state index contributed by atoms with van der Waals surface area (Å²) in [6.07, 6.45) is 3.02. The molecule has 0 radical (unpaired) electrons. The van der Waals surface area contributed by atoms with E-state index >= 15 is 0 Å². The van der Waals surface area contributed by atoms with E-state index in [0.717, 1.165) is 30.6 Å². The second kappa shape index (κ2) is 6.33. The van der Waals surface area contributed by atoms with Crippen LogP contribution in [-0.4, -0.2) is 17.3 Å². The number of methoxy groups -OCH3 is 1. The van der Waals surface area contributed by atoms with Gasteiger partial charge in [0.15, 0.2) is 0 Å². The Labute approximate surface area is 112 Å². The number of hydrogen-bond donors (Lipinski definition) is 1. The van der Waals surface area contributed by atoms with E-state index in [1.165, 1.54) is 0 Å². The minimum absolute atomic E-state index is 0.181. The molecule has 1 atom stereocenters. The van der Waals surface area contributed by atoms with Gasteiger partial charge in [-0.15, -0.1) is 0 Å². The molecule has 2 rings (SSSR count).